The summed E-state index contributed by atoms with van der Waals surface area (Å²) in [5.74, 6) is -2.05. The number of amides is 1. The molecule has 0 unspecified atom stereocenters. The molecule has 1 aromatic carbocycles. The van der Waals surface area contributed by atoms with Gasteiger partial charge in [0.15, 0.2) is 11.6 Å². The lowest BCUT2D eigenvalue weighted by molar-refractivity contribution is -0.127. The van der Waals surface area contributed by atoms with E-state index in [1.54, 1.807) is 6.07 Å². The molecule has 2 aliphatic carbocycles. The Balaban J connectivity index is 1.55. The molecule has 5 heteroatoms. The van der Waals surface area contributed by atoms with E-state index in [9.17, 15) is 18.7 Å². The van der Waals surface area contributed by atoms with Crippen LogP contribution in [-0.2, 0) is 4.79 Å². The maximum absolute atomic E-state index is 13.7. The van der Waals surface area contributed by atoms with Crippen LogP contribution in [0.4, 0.5) is 8.78 Å². The summed E-state index contributed by atoms with van der Waals surface area (Å²) in [4.78, 5) is 12.1. The summed E-state index contributed by atoms with van der Waals surface area (Å²) in [6.07, 6.45) is 5.04. The molecule has 0 aliphatic heterocycles. The molecule has 0 aromatic heterocycles. The molecular formula is C17H21F2NO2. The minimum Gasteiger partial charge on any atom is -0.389 e. The van der Waals surface area contributed by atoms with Crippen LogP contribution in [0.5, 0.6) is 0 Å². The van der Waals surface area contributed by atoms with Crippen LogP contribution in [0.1, 0.15) is 56.4 Å². The first-order chi connectivity index (χ1) is 10.5. The third-order valence-electron chi connectivity index (χ3n) is 4.79. The Morgan fingerprint density at radius 3 is 2.73 bits per heavy atom. The molecule has 2 atom stereocenters. The summed E-state index contributed by atoms with van der Waals surface area (Å²) in [6.45, 7) is 0. The number of hydrogen-bond acceptors (Lipinski definition) is 2. The summed E-state index contributed by atoms with van der Waals surface area (Å²) in [5.41, 5.74) is -0.571. The summed E-state index contributed by atoms with van der Waals surface area (Å²) in [6, 6.07) is 3.98. The minimum absolute atomic E-state index is 0.0991. The zero-order valence-electron chi connectivity index (χ0n) is 12.4. The van der Waals surface area contributed by atoms with Gasteiger partial charge in [-0.1, -0.05) is 31.4 Å². The Labute approximate surface area is 128 Å². The van der Waals surface area contributed by atoms with Gasteiger partial charge < -0.3 is 10.4 Å². The van der Waals surface area contributed by atoms with Gasteiger partial charge in [0.1, 0.15) is 0 Å². The highest BCUT2D eigenvalue weighted by Crippen LogP contribution is 2.42. The standard InChI is InChI=1S/C17H21F2NO2/c18-13-6-4-5-11(16(13)19)12-9-14(12)20-15(21)10-17(22)7-2-1-3-8-17/h4-6,12,14,22H,1-3,7-10H2,(H,20,21)/t12-,14-/m0/s1. The van der Waals surface area contributed by atoms with E-state index in [4.69, 9.17) is 0 Å². The van der Waals surface area contributed by atoms with Crippen molar-refractivity contribution in [2.45, 2.75) is 62.5 Å². The molecule has 0 spiro atoms. The number of carbonyl (C=O) groups excluding carboxylic acids is 1. The normalized spacial score (nSPS) is 26.5. The second kappa shape index (κ2) is 5.95. The fourth-order valence-electron chi connectivity index (χ4n) is 3.45. The summed E-state index contributed by atoms with van der Waals surface area (Å²) < 4.78 is 26.9. The number of hydrogen-bond donors (Lipinski definition) is 2. The van der Waals surface area contributed by atoms with E-state index < -0.39 is 17.2 Å². The van der Waals surface area contributed by atoms with Gasteiger partial charge in [-0.05, 0) is 30.9 Å². The lowest BCUT2D eigenvalue weighted by Gasteiger charge is -2.31. The van der Waals surface area contributed by atoms with Crippen molar-refractivity contribution in [2.24, 2.45) is 0 Å². The highest BCUT2D eigenvalue weighted by atomic mass is 19.2. The van der Waals surface area contributed by atoms with Crippen molar-refractivity contribution in [1.29, 1.82) is 0 Å². The molecule has 2 fully saturated rings. The van der Waals surface area contributed by atoms with Crippen molar-refractivity contribution >= 4 is 5.91 Å². The quantitative estimate of drug-likeness (QED) is 0.898. The summed E-state index contributed by atoms with van der Waals surface area (Å²) in [7, 11) is 0. The fraction of sp³-hybridized carbons (Fsp3) is 0.588. The Morgan fingerprint density at radius 2 is 2.00 bits per heavy atom. The van der Waals surface area contributed by atoms with Crippen LogP contribution in [0.15, 0.2) is 18.2 Å². The highest BCUT2D eigenvalue weighted by Gasteiger charge is 2.42. The molecule has 22 heavy (non-hydrogen) atoms. The molecule has 1 aromatic rings. The van der Waals surface area contributed by atoms with Crippen molar-refractivity contribution < 1.29 is 18.7 Å². The van der Waals surface area contributed by atoms with Crippen molar-refractivity contribution in [3.63, 3.8) is 0 Å². The second-order valence-corrected chi connectivity index (χ2v) is 6.62. The predicted octanol–water partition coefficient (Wildman–Crippen LogP) is 3.02. The predicted molar refractivity (Wildman–Crippen MR) is 78.3 cm³/mol. The fourth-order valence-corrected chi connectivity index (χ4v) is 3.45. The SMILES string of the molecule is O=C(CC1(O)CCCCC1)N[C@H]1C[C@H]1c1cccc(F)c1F. The molecule has 2 aliphatic rings. The first-order valence-corrected chi connectivity index (χ1v) is 7.94. The van der Waals surface area contributed by atoms with Gasteiger partial charge in [0.25, 0.3) is 0 Å². The van der Waals surface area contributed by atoms with Crippen LogP contribution in [0, 0.1) is 11.6 Å². The van der Waals surface area contributed by atoms with Gasteiger partial charge in [0.2, 0.25) is 5.91 Å². The number of rotatable bonds is 4. The number of benzene rings is 1. The van der Waals surface area contributed by atoms with E-state index in [0.717, 1.165) is 25.3 Å². The van der Waals surface area contributed by atoms with Crippen LogP contribution in [0.25, 0.3) is 0 Å². The third-order valence-corrected chi connectivity index (χ3v) is 4.79. The minimum atomic E-state index is -0.892. The van der Waals surface area contributed by atoms with Crippen LogP contribution in [-0.4, -0.2) is 22.7 Å². The highest BCUT2D eigenvalue weighted by molar-refractivity contribution is 5.78. The van der Waals surface area contributed by atoms with Gasteiger partial charge in [-0.15, -0.1) is 0 Å². The molecule has 120 valence electrons. The van der Waals surface area contributed by atoms with Gasteiger partial charge >= 0.3 is 0 Å². The third kappa shape index (κ3) is 3.29. The van der Waals surface area contributed by atoms with Crippen LogP contribution < -0.4 is 5.32 Å². The summed E-state index contributed by atoms with van der Waals surface area (Å²) in [5, 5.41) is 13.2. The zero-order valence-corrected chi connectivity index (χ0v) is 12.4. The van der Waals surface area contributed by atoms with Gasteiger partial charge in [-0.3, -0.25) is 4.79 Å². The molecule has 3 rings (SSSR count). The molecule has 0 radical (unpaired) electrons. The van der Waals surface area contributed by atoms with E-state index >= 15 is 0 Å². The maximum atomic E-state index is 13.7. The largest absolute Gasteiger partial charge is 0.389 e. The van der Waals surface area contributed by atoms with Crippen molar-refractivity contribution in [2.75, 3.05) is 0 Å². The first kappa shape index (κ1) is 15.4. The van der Waals surface area contributed by atoms with Crippen LogP contribution >= 0.6 is 0 Å². The molecule has 2 saturated carbocycles. The van der Waals surface area contributed by atoms with Crippen molar-refractivity contribution in [3.05, 3.63) is 35.4 Å². The Morgan fingerprint density at radius 1 is 1.27 bits per heavy atom. The number of carbonyl (C=O) groups is 1. The Bertz CT molecular complexity index is 570. The second-order valence-electron chi connectivity index (χ2n) is 6.62. The average Bonchev–Trinajstić information content (AvgIpc) is 3.20. The van der Waals surface area contributed by atoms with Crippen LogP contribution in [0.3, 0.4) is 0 Å². The molecule has 0 saturated heterocycles. The number of halogens is 2. The average molecular weight is 309 g/mol. The molecule has 0 heterocycles. The van der Waals surface area contributed by atoms with Gasteiger partial charge in [-0.2, -0.15) is 0 Å². The number of aliphatic hydroxyl groups is 1. The molecular weight excluding hydrogens is 288 g/mol. The Kier molecular flexibility index (Phi) is 4.17. The smallest absolute Gasteiger partial charge is 0.223 e. The molecule has 0 bridgehead atoms. The summed E-state index contributed by atoms with van der Waals surface area (Å²) >= 11 is 0. The molecule has 3 nitrogen and oxygen atoms in total. The first-order valence-electron chi connectivity index (χ1n) is 7.94. The van der Waals surface area contributed by atoms with Gasteiger partial charge in [0, 0.05) is 12.0 Å². The van der Waals surface area contributed by atoms with E-state index in [1.807, 2.05) is 0 Å². The van der Waals surface area contributed by atoms with Crippen molar-refractivity contribution in [3.8, 4) is 0 Å². The lowest BCUT2D eigenvalue weighted by Crippen LogP contribution is -2.39. The molecule has 2 N–H and O–H groups in total. The van der Waals surface area contributed by atoms with E-state index in [0.29, 0.717) is 24.8 Å². The van der Waals surface area contributed by atoms with Crippen LogP contribution in [0.2, 0.25) is 0 Å². The van der Waals surface area contributed by atoms with E-state index in [-0.39, 0.29) is 24.3 Å². The van der Waals surface area contributed by atoms with Crippen molar-refractivity contribution in [1.82, 2.24) is 5.32 Å². The van der Waals surface area contributed by atoms with Gasteiger partial charge in [0.05, 0.1) is 12.0 Å². The lowest BCUT2D eigenvalue weighted by atomic mass is 9.82. The zero-order chi connectivity index (χ0) is 15.7. The van der Waals surface area contributed by atoms with E-state index in [2.05, 4.69) is 5.32 Å². The Hall–Kier alpha value is -1.49. The molecule has 1 amide bonds. The van der Waals surface area contributed by atoms with Gasteiger partial charge in [-0.25, -0.2) is 8.78 Å². The monoisotopic (exact) mass is 309 g/mol. The maximum Gasteiger partial charge on any atom is 0.223 e. The van der Waals surface area contributed by atoms with E-state index in [1.165, 1.54) is 6.07 Å². The topological polar surface area (TPSA) is 49.3 Å². The number of nitrogens with one attached hydrogen (secondary N) is 1.